The van der Waals surface area contributed by atoms with E-state index in [0.29, 0.717) is 6.07 Å². The van der Waals surface area contributed by atoms with Crippen LogP contribution in [0.4, 0.5) is 22.0 Å². The molecular formula is C12H7F5N2O2. The van der Waals surface area contributed by atoms with Crippen LogP contribution in [0.5, 0.6) is 0 Å². The van der Waals surface area contributed by atoms with Crippen molar-refractivity contribution >= 4 is 5.97 Å². The smallest absolute Gasteiger partial charge is 0.417 e. The normalized spacial score (nSPS) is 11.9. The van der Waals surface area contributed by atoms with Gasteiger partial charge in [0.2, 0.25) is 0 Å². The van der Waals surface area contributed by atoms with E-state index in [1.54, 1.807) is 0 Å². The average molecular weight is 306 g/mol. The summed E-state index contributed by atoms with van der Waals surface area (Å²) in [5.74, 6) is -1.43. The highest BCUT2D eigenvalue weighted by atomic mass is 19.4. The van der Waals surface area contributed by atoms with Crippen LogP contribution in [0.25, 0.3) is 11.3 Å². The first-order valence-electron chi connectivity index (χ1n) is 5.48. The quantitative estimate of drug-likeness (QED) is 0.880. The van der Waals surface area contributed by atoms with E-state index in [4.69, 9.17) is 5.11 Å². The van der Waals surface area contributed by atoms with Crippen LogP contribution >= 0.6 is 0 Å². The molecule has 0 saturated carbocycles. The van der Waals surface area contributed by atoms with Crippen LogP contribution in [0.1, 0.15) is 22.5 Å². The monoisotopic (exact) mass is 306 g/mol. The number of carboxylic acid groups (broad SMARTS) is 1. The van der Waals surface area contributed by atoms with Crippen molar-refractivity contribution in [3.05, 3.63) is 41.6 Å². The second-order valence-electron chi connectivity index (χ2n) is 4.02. The molecular weight excluding hydrogens is 299 g/mol. The van der Waals surface area contributed by atoms with Crippen LogP contribution in [0.3, 0.4) is 0 Å². The van der Waals surface area contributed by atoms with Crippen molar-refractivity contribution in [2.45, 2.75) is 12.7 Å². The van der Waals surface area contributed by atoms with Gasteiger partial charge in [-0.2, -0.15) is 27.1 Å². The molecule has 0 saturated heterocycles. The minimum Gasteiger partial charge on any atom is -0.478 e. The topological polar surface area (TPSA) is 55.1 Å². The Balaban J connectivity index is 2.62. The van der Waals surface area contributed by atoms with Gasteiger partial charge in [0.1, 0.15) is 0 Å². The van der Waals surface area contributed by atoms with E-state index >= 15 is 0 Å². The molecule has 21 heavy (non-hydrogen) atoms. The number of aromatic carboxylic acids is 1. The van der Waals surface area contributed by atoms with Gasteiger partial charge >= 0.3 is 18.7 Å². The number of carboxylic acids is 1. The molecule has 112 valence electrons. The summed E-state index contributed by atoms with van der Waals surface area (Å²) in [4.78, 5) is 10.8. The van der Waals surface area contributed by atoms with Crippen LogP contribution in [-0.2, 0) is 6.18 Å². The van der Waals surface area contributed by atoms with Crippen molar-refractivity contribution in [2.24, 2.45) is 0 Å². The van der Waals surface area contributed by atoms with Crippen molar-refractivity contribution in [1.82, 2.24) is 9.78 Å². The van der Waals surface area contributed by atoms with Crippen molar-refractivity contribution in [1.29, 1.82) is 0 Å². The molecule has 1 heterocycles. The van der Waals surface area contributed by atoms with Crippen molar-refractivity contribution in [3.8, 4) is 11.3 Å². The van der Waals surface area contributed by atoms with Gasteiger partial charge in [-0.15, -0.1) is 0 Å². The van der Waals surface area contributed by atoms with Gasteiger partial charge in [-0.3, -0.25) is 0 Å². The Hall–Kier alpha value is -2.45. The number of carbonyl (C=O) groups is 1. The molecule has 0 unspecified atom stereocenters. The molecule has 1 aromatic heterocycles. The molecule has 9 heteroatoms. The fourth-order valence-corrected chi connectivity index (χ4v) is 1.73. The third kappa shape index (κ3) is 3.01. The highest BCUT2D eigenvalue weighted by Gasteiger charge is 2.34. The highest BCUT2D eigenvalue weighted by Crippen LogP contribution is 2.37. The van der Waals surface area contributed by atoms with Gasteiger partial charge < -0.3 is 5.11 Å². The van der Waals surface area contributed by atoms with E-state index in [2.05, 4.69) is 5.10 Å². The third-order valence-electron chi connectivity index (χ3n) is 2.66. The first-order chi connectivity index (χ1) is 9.70. The van der Waals surface area contributed by atoms with E-state index in [-0.39, 0.29) is 10.4 Å². The number of hydrogen-bond donors (Lipinski definition) is 1. The Morgan fingerprint density at radius 2 is 1.90 bits per heavy atom. The maximum Gasteiger partial charge on any atom is 0.417 e. The van der Waals surface area contributed by atoms with Crippen LogP contribution in [0.15, 0.2) is 30.5 Å². The van der Waals surface area contributed by atoms with Crippen LogP contribution < -0.4 is 0 Å². The molecule has 0 atom stereocenters. The number of aromatic nitrogens is 2. The van der Waals surface area contributed by atoms with Crippen LogP contribution in [0, 0.1) is 0 Å². The van der Waals surface area contributed by atoms with E-state index < -0.39 is 35.4 Å². The van der Waals surface area contributed by atoms with E-state index in [1.165, 1.54) is 0 Å². The molecule has 0 fully saturated rings. The van der Waals surface area contributed by atoms with Gasteiger partial charge in [0.25, 0.3) is 0 Å². The minimum atomic E-state index is -4.76. The van der Waals surface area contributed by atoms with E-state index in [9.17, 15) is 26.7 Å². The summed E-state index contributed by atoms with van der Waals surface area (Å²) in [5.41, 5.74) is -2.50. The molecule has 0 spiro atoms. The van der Waals surface area contributed by atoms with Gasteiger partial charge in [0, 0.05) is 11.8 Å². The second kappa shape index (κ2) is 5.15. The Morgan fingerprint density at radius 3 is 2.38 bits per heavy atom. The summed E-state index contributed by atoms with van der Waals surface area (Å²) >= 11 is 0. The lowest BCUT2D eigenvalue weighted by molar-refractivity contribution is -0.137. The molecule has 0 aliphatic heterocycles. The van der Waals surface area contributed by atoms with Crippen molar-refractivity contribution in [2.75, 3.05) is 0 Å². The summed E-state index contributed by atoms with van der Waals surface area (Å²) in [7, 11) is 0. The summed E-state index contributed by atoms with van der Waals surface area (Å²) < 4.78 is 63.7. The summed E-state index contributed by atoms with van der Waals surface area (Å²) in [6.45, 7) is -3.00. The lowest BCUT2D eigenvalue weighted by atomic mass is 10.0. The molecule has 0 aliphatic rings. The van der Waals surface area contributed by atoms with Gasteiger partial charge in [-0.25, -0.2) is 9.48 Å². The Kier molecular flexibility index (Phi) is 3.67. The molecule has 0 amide bonds. The minimum absolute atomic E-state index is 0.183. The highest BCUT2D eigenvalue weighted by molar-refractivity contribution is 5.89. The molecule has 0 aliphatic carbocycles. The Labute approximate surface area is 114 Å². The molecule has 2 rings (SSSR count). The number of rotatable bonds is 3. The number of alkyl halides is 5. The summed E-state index contributed by atoms with van der Waals surface area (Å²) in [5, 5.41) is 12.1. The van der Waals surface area contributed by atoms with Crippen molar-refractivity contribution < 1.29 is 31.9 Å². The maximum absolute atomic E-state index is 12.9. The average Bonchev–Trinajstić information content (AvgIpc) is 2.86. The first-order valence-corrected chi connectivity index (χ1v) is 5.48. The van der Waals surface area contributed by atoms with Gasteiger partial charge in [-0.05, 0) is 24.3 Å². The predicted octanol–water partition coefficient (Wildman–Crippen LogP) is 3.66. The van der Waals surface area contributed by atoms with Gasteiger partial charge in [0.15, 0.2) is 0 Å². The Bertz CT molecular complexity index is 679. The largest absolute Gasteiger partial charge is 0.478 e. The molecule has 0 bridgehead atoms. The van der Waals surface area contributed by atoms with Crippen LogP contribution in [-0.4, -0.2) is 20.9 Å². The number of halogens is 5. The maximum atomic E-state index is 12.9. The number of nitrogens with zero attached hydrogens (tertiary/aromatic N) is 2. The fraction of sp³-hybridized carbons (Fsp3) is 0.167. The second-order valence-corrected chi connectivity index (χ2v) is 4.02. The number of hydrogen-bond acceptors (Lipinski definition) is 2. The van der Waals surface area contributed by atoms with Gasteiger partial charge in [-0.1, -0.05) is 0 Å². The lowest BCUT2D eigenvalue weighted by Crippen LogP contribution is -2.09. The summed E-state index contributed by atoms with van der Waals surface area (Å²) in [6.07, 6.45) is -3.95. The molecule has 0 radical (unpaired) electrons. The summed E-state index contributed by atoms with van der Waals surface area (Å²) in [6, 6.07) is 3.09. The zero-order valence-corrected chi connectivity index (χ0v) is 10.1. The molecule has 4 nitrogen and oxygen atoms in total. The zero-order valence-electron chi connectivity index (χ0n) is 10.1. The molecule has 1 N–H and O–H groups in total. The predicted molar refractivity (Wildman–Crippen MR) is 60.9 cm³/mol. The molecule has 2 aromatic rings. The first kappa shape index (κ1) is 14.9. The van der Waals surface area contributed by atoms with E-state index in [1.807, 2.05) is 0 Å². The van der Waals surface area contributed by atoms with Crippen molar-refractivity contribution in [3.63, 3.8) is 0 Å². The molecule has 1 aromatic carbocycles. The fourth-order valence-electron chi connectivity index (χ4n) is 1.73. The SMILES string of the molecule is O=C(O)c1ccc(C(F)(F)F)c(-c2ccn(C(F)F)n2)c1. The third-order valence-corrected chi connectivity index (χ3v) is 2.66. The number of benzene rings is 1. The van der Waals surface area contributed by atoms with E-state index in [0.717, 1.165) is 24.4 Å². The van der Waals surface area contributed by atoms with Gasteiger partial charge in [0.05, 0.1) is 16.8 Å². The van der Waals surface area contributed by atoms with Crippen LogP contribution in [0.2, 0.25) is 0 Å². The standard InChI is InChI=1S/C12H7F5N2O2/c13-11(14)19-4-3-9(18-19)7-5-6(10(20)21)1-2-8(7)12(15,16)17/h1-5,11H,(H,20,21). The lowest BCUT2D eigenvalue weighted by Gasteiger charge is -2.12. The Morgan fingerprint density at radius 1 is 1.24 bits per heavy atom. The zero-order chi connectivity index (χ0) is 15.8.